The number of nitrogens with one attached hydrogen (secondary N) is 1. The Balaban J connectivity index is 2.61. The first-order valence-electron chi connectivity index (χ1n) is 6.16. The van der Waals surface area contributed by atoms with E-state index in [1.165, 1.54) is 0 Å². The summed E-state index contributed by atoms with van der Waals surface area (Å²) in [6, 6.07) is 7.68. The molecule has 0 aromatic heterocycles. The quantitative estimate of drug-likeness (QED) is 0.786. The number of carbonyl (C=O) groups is 2. The Hall–Kier alpha value is -1.36. The zero-order valence-corrected chi connectivity index (χ0v) is 12.8. The molecular formula is C14H19BrN2O2. The van der Waals surface area contributed by atoms with Crippen molar-refractivity contribution in [3.05, 3.63) is 34.3 Å². The largest absolute Gasteiger partial charge is 0.370 e. The maximum atomic E-state index is 12.2. The Kier molecular flexibility index (Phi) is 5.54. The molecule has 5 heteroatoms. The number of nitrogens with two attached hydrogens (primary N) is 1. The molecule has 0 bridgehead atoms. The molecule has 0 aliphatic heterocycles. The van der Waals surface area contributed by atoms with Crippen molar-refractivity contribution in [1.29, 1.82) is 0 Å². The van der Waals surface area contributed by atoms with Crippen molar-refractivity contribution in [3.8, 4) is 0 Å². The van der Waals surface area contributed by atoms with Crippen LogP contribution < -0.4 is 11.1 Å². The van der Waals surface area contributed by atoms with Crippen LogP contribution in [0, 0.1) is 0 Å². The second kappa shape index (κ2) is 6.70. The molecule has 1 rings (SSSR count). The van der Waals surface area contributed by atoms with Gasteiger partial charge >= 0.3 is 0 Å². The summed E-state index contributed by atoms with van der Waals surface area (Å²) in [5.74, 6) is -0.407. The molecule has 3 N–H and O–H groups in total. The number of carbonyl (C=O) groups excluding carboxylic acids is 2. The molecular weight excluding hydrogens is 308 g/mol. The van der Waals surface area contributed by atoms with Gasteiger partial charge in [-0.2, -0.15) is 0 Å². The Labute approximate surface area is 121 Å². The molecule has 0 heterocycles. The van der Waals surface area contributed by atoms with Crippen LogP contribution in [0.25, 0.3) is 0 Å². The molecule has 1 aromatic rings. The third-order valence-corrected chi connectivity index (χ3v) is 3.49. The minimum atomic E-state index is -0.615. The molecule has 19 heavy (non-hydrogen) atoms. The Bertz CT molecular complexity index is 472. The van der Waals surface area contributed by atoms with Crippen molar-refractivity contribution in [2.24, 2.45) is 5.73 Å². The summed E-state index contributed by atoms with van der Waals surface area (Å²) in [5, 5.41) is 2.83. The zero-order chi connectivity index (χ0) is 14.5. The molecule has 0 saturated carbocycles. The van der Waals surface area contributed by atoms with Crippen molar-refractivity contribution in [2.45, 2.75) is 32.1 Å². The maximum absolute atomic E-state index is 12.2. The molecule has 0 spiro atoms. The van der Waals surface area contributed by atoms with Crippen LogP contribution in [0.15, 0.2) is 28.7 Å². The van der Waals surface area contributed by atoms with Crippen molar-refractivity contribution < 1.29 is 9.59 Å². The summed E-state index contributed by atoms with van der Waals surface area (Å²) in [5.41, 5.74) is 5.37. The second-order valence-electron chi connectivity index (χ2n) is 4.96. The number of hydrogen-bond donors (Lipinski definition) is 2. The lowest BCUT2D eigenvalue weighted by Gasteiger charge is -2.24. The average Bonchev–Trinajstić information content (AvgIpc) is 2.34. The van der Waals surface area contributed by atoms with Crippen molar-refractivity contribution in [3.63, 3.8) is 0 Å². The fourth-order valence-corrected chi connectivity index (χ4v) is 2.09. The van der Waals surface area contributed by atoms with Crippen molar-refractivity contribution in [1.82, 2.24) is 5.32 Å². The zero-order valence-electron chi connectivity index (χ0n) is 11.2. The summed E-state index contributed by atoms with van der Waals surface area (Å²) >= 11 is 3.40. The normalized spacial score (nSPS) is 11.1. The van der Waals surface area contributed by atoms with Crippen LogP contribution in [-0.4, -0.2) is 18.4 Å². The van der Waals surface area contributed by atoms with Gasteiger partial charge < -0.3 is 11.1 Å². The molecule has 104 valence electrons. The van der Waals surface area contributed by atoms with E-state index in [0.29, 0.717) is 13.0 Å². The molecule has 2 amide bonds. The van der Waals surface area contributed by atoms with Gasteiger partial charge in [0.15, 0.2) is 0 Å². The molecule has 0 radical (unpaired) electrons. The van der Waals surface area contributed by atoms with E-state index in [9.17, 15) is 9.59 Å². The number of primary amides is 1. The number of amides is 2. The number of rotatable bonds is 6. The van der Waals surface area contributed by atoms with Crippen molar-refractivity contribution >= 4 is 27.7 Å². The van der Waals surface area contributed by atoms with Gasteiger partial charge in [0.1, 0.15) is 0 Å². The predicted octanol–water partition coefficient (Wildman–Crippen LogP) is 2.11. The summed E-state index contributed by atoms with van der Waals surface area (Å²) < 4.78 is 0.944. The van der Waals surface area contributed by atoms with E-state index >= 15 is 0 Å². The van der Waals surface area contributed by atoms with Gasteiger partial charge in [-0.15, -0.1) is 0 Å². The fourth-order valence-electron chi connectivity index (χ4n) is 1.69. The number of benzene rings is 1. The average molecular weight is 327 g/mol. The van der Waals surface area contributed by atoms with Crippen LogP contribution in [-0.2, 0) is 15.0 Å². The van der Waals surface area contributed by atoms with Gasteiger partial charge in [0.25, 0.3) is 0 Å². The molecule has 4 nitrogen and oxygen atoms in total. The van der Waals surface area contributed by atoms with E-state index < -0.39 is 5.41 Å². The van der Waals surface area contributed by atoms with Gasteiger partial charge in [0.05, 0.1) is 5.41 Å². The van der Waals surface area contributed by atoms with Crippen LogP contribution >= 0.6 is 15.9 Å². The van der Waals surface area contributed by atoms with Gasteiger partial charge in [-0.1, -0.05) is 28.1 Å². The summed E-state index contributed by atoms with van der Waals surface area (Å²) in [4.78, 5) is 22.8. The highest BCUT2D eigenvalue weighted by molar-refractivity contribution is 9.10. The predicted molar refractivity (Wildman–Crippen MR) is 78.6 cm³/mol. The van der Waals surface area contributed by atoms with Crippen molar-refractivity contribution in [2.75, 3.05) is 6.54 Å². The highest BCUT2D eigenvalue weighted by Gasteiger charge is 2.29. The third kappa shape index (κ3) is 4.67. The van der Waals surface area contributed by atoms with Crippen LogP contribution in [0.1, 0.15) is 32.3 Å². The Morgan fingerprint density at radius 1 is 1.37 bits per heavy atom. The molecule has 1 aromatic carbocycles. The van der Waals surface area contributed by atoms with Crippen LogP contribution in [0.3, 0.4) is 0 Å². The second-order valence-corrected chi connectivity index (χ2v) is 5.88. The molecule has 0 aliphatic rings. The first kappa shape index (κ1) is 15.7. The van der Waals surface area contributed by atoms with Gasteiger partial charge in [0.2, 0.25) is 11.8 Å². The highest BCUT2D eigenvalue weighted by Crippen LogP contribution is 2.25. The molecule has 0 atom stereocenters. The Morgan fingerprint density at radius 2 is 2.05 bits per heavy atom. The van der Waals surface area contributed by atoms with Crippen LogP contribution in [0.2, 0.25) is 0 Å². The van der Waals surface area contributed by atoms with E-state index in [4.69, 9.17) is 5.73 Å². The van der Waals surface area contributed by atoms with E-state index in [0.717, 1.165) is 10.0 Å². The summed E-state index contributed by atoms with van der Waals surface area (Å²) in [7, 11) is 0. The fraction of sp³-hybridized carbons (Fsp3) is 0.429. The Morgan fingerprint density at radius 3 is 2.63 bits per heavy atom. The smallest absolute Gasteiger partial charge is 0.230 e. The lowest BCUT2D eigenvalue weighted by molar-refractivity contribution is -0.126. The monoisotopic (exact) mass is 326 g/mol. The van der Waals surface area contributed by atoms with Gasteiger partial charge in [-0.25, -0.2) is 0 Å². The molecule has 0 unspecified atom stereocenters. The lowest BCUT2D eigenvalue weighted by Crippen LogP contribution is -2.40. The van der Waals surface area contributed by atoms with Gasteiger partial charge in [-0.05, 0) is 38.0 Å². The maximum Gasteiger partial charge on any atom is 0.230 e. The molecule has 0 aliphatic carbocycles. The van der Waals surface area contributed by atoms with E-state index in [1.807, 2.05) is 38.1 Å². The summed E-state index contributed by atoms with van der Waals surface area (Å²) in [6.45, 7) is 4.20. The van der Waals surface area contributed by atoms with Crippen LogP contribution in [0.5, 0.6) is 0 Å². The number of hydrogen-bond acceptors (Lipinski definition) is 2. The third-order valence-electron chi connectivity index (χ3n) is 3.00. The molecule has 0 fully saturated rings. The number of halogens is 1. The van der Waals surface area contributed by atoms with Crippen LogP contribution in [0.4, 0.5) is 0 Å². The lowest BCUT2D eigenvalue weighted by atomic mass is 9.84. The van der Waals surface area contributed by atoms with Gasteiger partial charge in [-0.3, -0.25) is 9.59 Å². The van der Waals surface area contributed by atoms with E-state index in [-0.39, 0.29) is 18.2 Å². The summed E-state index contributed by atoms with van der Waals surface area (Å²) in [6.07, 6.45) is 0.854. The standard InChI is InChI=1S/C14H19BrN2O2/c1-14(2,10-5-3-6-11(15)9-10)13(19)17-8-4-7-12(16)18/h3,5-6,9H,4,7-8H2,1-2H3,(H2,16,18)(H,17,19). The van der Waals surface area contributed by atoms with Gasteiger partial charge in [0, 0.05) is 17.4 Å². The first-order valence-corrected chi connectivity index (χ1v) is 6.96. The topological polar surface area (TPSA) is 72.2 Å². The molecule has 0 saturated heterocycles. The van der Waals surface area contributed by atoms with E-state index in [1.54, 1.807) is 0 Å². The minimum absolute atomic E-state index is 0.0601. The minimum Gasteiger partial charge on any atom is -0.370 e. The first-order chi connectivity index (χ1) is 8.84. The highest BCUT2D eigenvalue weighted by atomic mass is 79.9. The van der Waals surface area contributed by atoms with E-state index in [2.05, 4.69) is 21.2 Å². The SMILES string of the molecule is CC(C)(C(=O)NCCCC(N)=O)c1cccc(Br)c1.